The lowest BCUT2D eigenvalue weighted by Gasteiger charge is -2.13. The lowest BCUT2D eigenvalue weighted by atomic mass is 9.93. The molecule has 0 fully saturated rings. The highest BCUT2D eigenvalue weighted by Crippen LogP contribution is 2.37. The van der Waals surface area contributed by atoms with Crippen LogP contribution in [0.25, 0.3) is 71.3 Å². The van der Waals surface area contributed by atoms with E-state index in [9.17, 15) is 0 Å². The predicted octanol–water partition coefficient (Wildman–Crippen LogP) is 12.2. The van der Waals surface area contributed by atoms with Crippen LogP contribution < -0.4 is 5.32 Å². The Bertz CT molecular complexity index is 2500. The van der Waals surface area contributed by atoms with Crippen molar-refractivity contribution < 1.29 is 0 Å². The van der Waals surface area contributed by atoms with E-state index in [4.69, 9.17) is 0 Å². The molecule has 9 aromatic rings. The summed E-state index contributed by atoms with van der Waals surface area (Å²) in [7, 11) is 0. The van der Waals surface area contributed by atoms with E-state index in [2.05, 4.69) is 186 Å². The number of rotatable bonds is 5. The number of para-hydroxylation sites is 2. The maximum absolute atomic E-state index is 3.65. The number of hydrogen-bond donors (Lipinski definition) is 1. The number of nitrogens with one attached hydrogen (secondary N) is 1. The SMILES string of the molecule is c1cc(Nc2ccc(-c3cccc(-n4c5ccccc5c5ccccc54)c3)cc2)cc(-c2cc3ccccc3c3ccccc23)c1. The zero-order valence-corrected chi connectivity index (χ0v) is 25.2. The van der Waals surface area contributed by atoms with Crippen LogP contribution in [0.2, 0.25) is 0 Å². The minimum absolute atomic E-state index is 1.06. The van der Waals surface area contributed by atoms with Gasteiger partial charge in [-0.1, -0.05) is 121 Å². The van der Waals surface area contributed by atoms with Crippen molar-refractivity contribution in [1.29, 1.82) is 0 Å². The monoisotopic (exact) mass is 586 g/mol. The first-order valence-corrected chi connectivity index (χ1v) is 15.8. The Balaban J connectivity index is 1.03. The number of aromatic nitrogens is 1. The molecule has 0 aliphatic heterocycles. The van der Waals surface area contributed by atoms with E-state index in [1.165, 1.54) is 65.6 Å². The van der Waals surface area contributed by atoms with E-state index >= 15 is 0 Å². The number of fused-ring (bicyclic) bond motifs is 6. The molecule has 2 nitrogen and oxygen atoms in total. The van der Waals surface area contributed by atoms with Gasteiger partial charge in [0.2, 0.25) is 0 Å². The van der Waals surface area contributed by atoms with Gasteiger partial charge in [-0.3, -0.25) is 0 Å². The van der Waals surface area contributed by atoms with Gasteiger partial charge >= 0.3 is 0 Å². The van der Waals surface area contributed by atoms with Gasteiger partial charge in [0.05, 0.1) is 11.0 Å². The summed E-state index contributed by atoms with van der Waals surface area (Å²) in [6.07, 6.45) is 0. The molecule has 0 bridgehead atoms. The molecule has 0 radical (unpaired) electrons. The van der Waals surface area contributed by atoms with Crippen LogP contribution in [0.1, 0.15) is 0 Å². The van der Waals surface area contributed by atoms with E-state index in [1.54, 1.807) is 0 Å². The molecule has 8 aromatic carbocycles. The summed E-state index contributed by atoms with van der Waals surface area (Å²) in [4.78, 5) is 0. The highest BCUT2D eigenvalue weighted by molar-refractivity contribution is 6.14. The van der Waals surface area contributed by atoms with Crippen molar-refractivity contribution in [3.8, 4) is 27.9 Å². The Hall–Kier alpha value is -6.12. The quantitative estimate of drug-likeness (QED) is 0.199. The average Bonchev–Trinajstić information content (AvgIpc) is 3.46. The second-order valence-electron chi connectivity index (χ2n) is 11.9. The van der Waals surface area contributed by atoms with Crippen molar-refractivity contribution >= 4 is 54.7 Å². The third-order valence-electron chi connectivity index (χ3n) is 9.13. The molecule has 1 aromatic heterocycles. The molecule has 2 heteroatoms. The highest BCUT2D eigenvalue weighted by Gasteiger charge is 2.12. The van der Waals surface area contributed by atoms with Crippen molar-refractivity contribution in [3.05, 3.63) is 176 Å². The molecule has 0 saturated carbocycles. The van der Waals surface area contributed by atoms with Gasteiger partial charge < -0.3 is 9.88 Å². The molecular weight excluding hydrogens is 556 g/mol. The number of anilines is 2. The fourth-order valence-corrected chi connectivity index (χ4v) is 7.00. The van der Waals surface area contributed by atoms with Crippen LogP contribution in [0.5, 0.6) is 0 Å². The molecule has 0 unspecified atom stereocenters. The first kappa shape index (κ1) is 26.3. The summed E-state index contributed by atoms with van der Waals surface area (Å²) < 4.78 is 2.37. The molecule has 1 N–H and O–H groups in total. The van der Waals surface area contributed by atoms with Crippen molar-refractivity contribution in [1.82, 2.24) is 4.57 Å². The minimum Gasteiger partial charge on any atom is -0.356 e. The topological polar surface area (TPSA) is 17.0 Å². The zero-order valence-electron chi connectivity index (χ0n) is 25.2. The van der Waals surface area contributed by atoms with Crippen molar-refractivity contribution in [2.45, 2.75) is 0 Å². The molecular formula is C44H30N2. The predicted molar refractivity (Wildman–Crippen MR) is 196 cm³/mol. The molecule has 9 rings (SSSR count). The number of nitrogens with zero attached hydrogens (tertiary/aromatic N) is 1. The summed E-state index contributed by atoms with van der Waals surface area (Å²) in [5, 5.41) is 11.3. The van der Waals surface area contributed by atoms with Crippen molar-refractivity contribution in [3.63, 3.8) is 0 Å². The molecule has 0 atom stereocenters. The summed E-state index contributed by atoms with van der Waals surface area (Å²) >= 11 is 0. The molecule has 0 amide bonds. The smallest absolute Gasteiger partial charge is 0.0541 e. The van der Waals surface area contributed by atoms with Crippen LogP contribution in [-0.4, -0.2) is 4.57 Å². The Morgan fingerprint density at radius 2 is 0.957 bits per heavy atom. The maximum Gasteiger partial charge on any atom is 0.0541 e. The molecule has 216 valence electrons. The van der Waals surface area contributed by atoms with Gasteiger partial charge in [0.1, 0.15) is 0 Å². The number of benzene rings is 8. The second-order valence-corrected chi connectivity index (χ2v) is 11.9. The summed E-state index contributed by atoms with van der Waals surface area (Å²) in [6, 6.07) is 63.3. The third kappa shape index (κ3) is 4.43. The Labute approximate surface area is 267 Å². The largest absolute Gasteiger partial charge is 0.356 e. The Morgan fingerprint density at radius 3 is 1.72 bits per heavy atom. The van der Waals surface area contributed by atoms with Crippen LogP contribution in [-0.2, 0) is 0 Å². The first-order chi connectivity index (χ1) is 22.8. The van der Waals surface area contributed by atoms with E-state index in [0.717, 1.165) is 17.1 Å². The lowest BCUT2D eigenvalue weighted by molar-refractivity contribution is 1.18. The third-order valence-corrected chi connectivity index (χ3v) is 9.13. The van der Waals surface area contributed by atoms with Crippen molar-refractivity contribution in [2.24, 2.45) is 0 Å². The van der Waals surface area contributed by atoms with Gasteiger partial charge in [-0.05, 0) is 98.4 Å². The minimum atomic E-state index is 1.06. The standard InChI is InChI=1S/C44H30N2/c1-2-16-37-33(11-1)29-42(39-18-4-3-17-38(37)39)32-13-9-14-35(27-32)45-34-25-23-30(24-26-34)31-12-10-15-36(28-31)46-43-21-7-5-19-40(43)41-20-6-8-22-44(41)46/h1-29,45H. The molecule has 0 aliphatic carbocycles. The van der Waals surface area contributed by atoms with Gasteiger partial charge in [-0.25, -0.2) is 0 Å². The van der Waals surface area contributed by atoms with Gasteiger partial charge in [-0.2, -0.15) is 0 Å². The Morgan fingerprint density at radius 1 is 0.348 bits per heavy atom. The Kier molecular flexibility index (Phi) is 6.17. The van der Waals surface area contributed by atoms with Crippen LogP contribution in [0.3, 0.4) is 0 Å². The van der Waals surface area contributed by atoms with Crippen LogP contribution in [0.15, 0.2) is 176 Å². The molecule has 0 aliphatic rings. The highest BCUT2D eigenvalue weighted by atomic mass is 15.0. The zero-order chi connectivity index (χ0) is 30.5. The fraction of sp³-hybridized carbons (Fsp3) is 0. The molecule has 0 spiro atoms. The van der Waals surface area contributed by atoms with Crippen molar-refractivity contribution in [2.75, 3.05) is 5.32 Å². The maximum atomic E-state index is 3.65. The van der Waals surface area contributed by atoms with Gasteiger partial charge in [0, 0.05) is 27.8 Å². The van der Waals surface area contributed by atoms with E-state index in [0.29, 0.717) is 0 Å². The molecule has 1 heterocycles. The normalized spacial score (nSPS) is 11.5. The summed E-state index contributed by atoms with van der Waals surface area (Å²) in [5.41, 5.74) is 10.6. The lowest BCUT2D eigenvalue weighted by Crippen LogP contribution is -1.94. The van der Waals surface area contributed by atoms with E-state index in [1.807, 2.05) is 0 Å². The molecule has 0 saturated heterocycles. The van der Waals surface area contributed by atoms with Gasteiger partial charge in [0.25, 0.3) is 0 Å². The average molecular weight is 587 g/mol. The molecule has 46 heavy (non-hydrogen) atoms. The summed E-state index contributed by atoms with van der Waals surface area (Å²) in [6.45, 7) is 0. The van der Waals surface area contributed by atoms with Gasteiger partial charge in [-0.15, -0.1) is 0 Å². The van der Waals surface area contributed by atoms with Crippen LogP contribution in [0.4, 0.5) is 11.4 Å². The first-order valence-electron chi connectivity index (χ1n) is 15.8. The summed E-state index contributed by atoms with van der Waals surface area (Å²) in [5.74, 6) is 0. The van der Waals surface area contributed by atoms with Crippen LogP contribution in [0, 0.1) is 0 Å². The van der Waals surface area contributed by atoms with E-state index in [-0.39, 0.29) is 0 Å². The van der Waals surface area contributed by atoms with E-state index < -0.39 is 0 Å². The fourth-order valence-electron chi connectivity index (χ4n) is 7.00. The van der Waals surface area contributed by atoms with Gasteiger partial charge in [0.15, 0.2) is 0 Å². The van der Waals surface area contributed by atoms with Crippen LogP contribution >= 0.6 is 0 Å². The second kappa shape index (κ2) is 10.8. The number of hydrogen-bond acceptors (Lipinski definition) is 1.